The van der Waals surface area contributed by atoms with Crippen LogP contribution in [0.3, 0.4) is 0 Å². The van der Waals surface area contributed by atoms with Gasteiger partial charge in [0.25, 0.3) is 0 Å². The topological polar surface area (TPSA) is 62.3 Å². The average molecular weight is 225 g/mol. The largest absolute Gasteiger partial charge is 0.384 e. The Bertz CT molecular complexity index is 261. The number of methoxy groups -OCH3 is 1. The number of guanidine groups is 1. The second-order valence-electron chi connectivity index (χ2n) is 5.34. The van der Waals surface area contributed by atoms with Gasteiger partial charge in [0.05, 0.1) is 6.61 Å². The number of rotatable bonds is 2. The summed E-state index contributed by atoms with van der Waals surface area (Å²) in [6.07, 6.45) is 6.58. The second-order valence-corrected chi connectivity index (χ2v) is 5.34. The zero-order valence-electron chi connectivity index (χ0n) is 10.2. The Balaban J connectivity index is 2.10. The second kappa shape index (κ2) is 4.62. The molecule has 0 unspecified atom stereocenters. The summed E-state index contributed by atoms with van der Waals surface area (Å²) in [7, 11) is 1.77. The first kappa shape index (κ1) is 11.7. The van der Waals surface area contributed by atoms with Gasteiger partial charge in [-0.2, -0.15) is 0 Å². The van der Waals surface area contributed by atoms with Crippen LogP contribution in [0.5, 0.6) is 0 Å². The van der Waals surface area contributed by atoms with Crippen LogP contribution in [0.2, 0.25) is 0 Å². The van der Waals surface area contributed by atoms with Crippen molar-refractivity contribution in [2.24, 2.45) is 17.1 Å². The van der Waals surface area contributed by atoms with E-state index in [2.05, 4.69) is 0 Å². The standard InChI is InChI=1S/C12H23N3O/c1-16-8-10-7-15(11(13)14)9-12(10)5-3-2-4-6-12/h10H,2-9H2,1H3,(H3,13,14)/t10-/m1/s1. The summed E-state index contributed by atoms with van der Waals surface area (Å²) >= 11 is 0. The van der Waals surface area contributed by atoms with E-state index in [1.165, 1.54) is 32.1 Å². The highest BCUT2D eigenvalue weighted by Gasteiger charge is 2.47. The van der Waals surface area contributed by atoms with Gasteiger partial charge < -0.3 is 15.4 Å². The molecule has 4 nitrogen and oxygen atoms in total. The van der Waals surface area contributed by atoms with Gasteiger partial charge >= 0.3 is 0 Å². The first-order chi connectivity index (χ1) is 7.68. The highest BCUT2D eigenvalue weighted by molar-refractivity contribution is 5.75. The minimum Gasteiger partial charge on any atom is -0.384 e. The fourth-order valence-electron chi connectivity index (χ4n) is 3.47. The van der Waals surface area contributed by atoms with Crippen molar-refractivity contribution >= 4 is 5.96 Å². The van der Waals surface area contributed by atoms with E-state index in [4.69, 9.17) is 15.9 Å². The van der Waals surface area contributed by atoms with Gasteiger partial charge in [-0.05, 0) is 18.3 Å². The molecule has 0 aromatic heterocycles. The Morgan fingerprint density at radius 2 is 2.12 bits per heavy atom. The molecule has 2 aliphatic rings. The molecule has 0 bridgehead atoms. The molecule has 92 valence electrons. The predicted molar refractivity (Wildman–Crippen MR) is 64.4 cm³/mol. The highest BCUT2D eigenvalue weighted by atomic mass is 16.5. The van der Waals surface area contributed by atoms with Crippen LogP contribution in [0.1, 0.15) is 32.1 Å². The third-order valence-electron chi connectivity index (χ3n) is 4.37. The van der Waals surface area contributed by atoms with Crippen molar-refractivity contribution in [2.45, 2.75) is 32.1 Å². The summed E-state index contributed by atoms with van der Waals surface area (Å²) in [5.74, 6) is 0.783. The molecule has 1 spiro atoms. The SMILES string of the molecule is COC[C@H]1CN(C(=N)N)CC12CCCCC2. The van der Waals surface area contributed by atoms with Crippen LogP contribution in [0.25, 0.3) is 0 Å². The molecule has 1 aliphatic heterocycles. The zero-order chi connectivity index (χ0) is 11.6. The van der Waals surface area contributed by atoms with Crippen molar-refractivity contribution in [3.05, 3.63) is 0 Å². The van der Waals surface area contributed by atoms with E-state index in [9.17, 15) is 0 Å². The molecule has 0 amide bonds. The molecule has 0 aromatic carbocycles. The molecule has 4 heteroatoms. The summed E-state index contributed by atoms with van der Waals surface area (Å²) in [5, 5.41) is 7.58. The fourth-order valence-corrected chi connectivity index (χ4v) is 3.47. The van der Waals surface area contributed by atoms with E-state index in [1.807, 2.05) is 4.90 Å². The van der Waals surface area contributed by atoms with Gasteiger partial charge in [-0.1, -0.05) is 19.3 Å². The van der Waals surface area contributed by atoms with Crippen LogP contribution in [-0.4, -0.2) is 37.7 Å². The van der Waals surface area contributed by atoms with E-state index in [0.717, 1.165) is 19.7 Å². The molecule has 1 saturated carbocycles. The first-order valence-electron chi connectivity index (χ1n) is 6.26. The normalized spacial score (nSPS) is 28.6. The summed E-state index contributed by atoms with van der Waals surface area (Å²) in [6.45, 7) is 2.68. The van der Waals surface area contributed by atoms with Crippen molar-refractivity contribution in [3.8, 4) is 0 Å². The average Bonchev–Trinajstić information content (AvgIpc) is 2.60. The molecule has 2 rings (SSSR count). The van der Waals surface area contributed by atoms with Crippen LogP contribution in [0.4, 0.5) is 0 Å². The van der Waals surface area contributed by atoms with Gasteiger partial charge in [-0.25, -0.2) is 0 Å². The Morgan fingerprint density at radius 1 is 1.44 bits per heavy atom. The molecular formula is C12H23N3O. The van der Waals surface area contributed by atoms with Gasteiger partial charge in [0.1, 0.15) is 0 Å². The maximum absolute atomic E-state index is 7.58. The zero-order valence-corrected chi connectivity index (χ0v) is 10.2. The van der Waals surface area contributed by atoms with Crippen LogP contribution in [0, 0.1) is 16.7 Å². The molecule has 16 heavy (non-hydrogen) atoms. The van der Waals surface area contributed by atoms with Crippen molar-refractivity contribution < 1.29 is 4.74 Å². The van der Waals surface area contributed by atoms with E-state index in [0.29, 0.717) is 11.3 Å². The minimum absolute atomic E-state index is 0.226. The molecule has 1 atom stereocenters. The summed E-state index contributed by atoms with van der Waals surface area (Å²) in [4.78, 5) is 2.02. The van der Waals surface area contributed by atoms with Gasteiger partial charge in [-0.15, -0.1) is 0 Å². The maximum atomic E-state index is 7.58. The molecule has 1 heterocycles. The van der Waals surface area contributed by atoms with Crippen LogP contribution in [0.15, 0.2) is 0 Å². The number of nitrogens with zero attached hydrogens (tertiary/aromatic N) is 1. The quantitative estimate of drug-likeness (QED) is 0.551. The van der Waals surface area contributed by atoms with Crippen molar-refractivity contribution in [3.63, 3.8) is 0 Å². The predicted octanol–water partition coefficient (Wildman–Crippen LogP) is 1.41. The summed E-state index contributed by atoms with van der Waals surface area (Å²) < 4.78 is 5.34. The Morgan fingerprint density at radius 3 is 2.69 bits per heavy atom. The lowest BCUT2D eigenvalue weighted by Gasteiger charge is -2.37. The van der Waals surface area contributed by atoms with Gasteiger partial charge in [-0.3, -0.25) is 5.41 Å². The molecule has 1 aliphatic carbocycles. The van der Waals surface area contributed by atoms with E-state index in [1.54, 1.807) is 7.11 Å². The van der Waals surface area contributed by atoms with Gasteiger partial charge in [0, 0.05) is 26.1 Å². The Hall–Kier alpha value is -0.770. The molecule has 3 N–H and O–H groups in total. The van der Waals surface area contributed by atoms with Crippen LogP contribution < -0.4 is 5.73 Å². The Kier molecular flexibility index (Phi) is 3.38. The van der Waals surface area contributed by atoms with Crippen LogP contribution >= 0.6 is 0 Å². The van der Waals surface area contributed by atoms with Crippen molar-refractivity contribution in [1.29, 1.82) is 5.41 Å². The Labute approximate surface area is 97.6 Å². The highest BCUT2D eigenvalue weighted by Crippen LogP contribution is 2.47. The lowest BCUT2D eigenvalue weighted by molar-refractivity contribution is 0.0668. The molecule has 2 fully saturated rings. The number of nitrogens with two attached hydrogens (primary N) is 1. The van der Waals surface area contributed by atoms with E-state index < -0.39 is 0 Å². The molecular weight excluding hydrogens is 202 g/mol. The summed E-state index contributed by atoms with van der Waals surface area (Å²) in [6, 6.07) is 0. The molecule has 0 aromatic rings. The fraction of sp³-hybridized carbons (Fsp3) is 0.917. The number of hydrogen-bond acceptors (Lipinski definition) is 2. The minimum atomic E-state index is 0.226. The molecule has 1 saturated heterocycles. The van der Waals surface area contributed by atoms with Crippen molar-refractivity contribution in [1.82, 2.24) is 4.90 Å². The molecule has 0 radical (unpaired) electrons. The van der Waals surface area contributed by atoms with E-state index >= 15 is 0 Å². The smallest absolute Gasteiger partial charge is 0.188 e. The van der Waals surface area contributed by atoms with Gasteiger partial charge in [0.15, 0.2) is 5.96 Å². The number of nitrogens with one attached hydrogen (secondary N) is 1. The third kappa shape index (κ3) is 2.03. The first-order valence-corrected chi connectivity index (χ1v) is 6.26. The lowest BCUT2D eigenvalue weighted by Crippen LogP contribution is -2.37. The third-order valence-corrected chi connectivity index (χ3v) is 4.37. The number of hydrogen-bond donors (Lipinski definition) is 2. The van der Waals surface area contributed by atoms with Crippen molar-refractivity contribution in [2.75, 3.05) is 26.8 Å². The maximum Gasteiger partial charge on any atom is 0.188 e. The van der Waals surface area contributed by atoms with Gasteiger partial charge in [0.2, 0.25) is 0 Å². The number of ether oxygens (including phenoxy) is 1. The lowest BCUT2D eigenvalue weighted by atomic mass is 9.68. The van der Waals surface area contributed by atoms with E-state index in [-0.39, 0.29) is 5.96 Å². The van der Waals surface area contributed by atoms with Crippen LogP contribution in [-0.2, 0) is 4.74 Å². The monoisotopic (exact) mass is 225 g/mol. The number of likely N-dealkylation sites (tertiary alicyclic amines) is 1. The summed E-state index contributed by atoms with van der Waals surface area (Å²) in [5.41, 5.74) is 5.99.